The van der Waals surface area contributed by atoms with Crippen LogP contribution in [0.1, 0.15) is 18.3 Å². The Hall–Kier alpha value is -1.62. The third kappa shape index (κ3) is 3.92. The van der Waals surface area contributed by atoms with Gasteiger partial charge in [-0.3, -0.25) is 0 Å². The van der Waals surface area contributed by atoms with Crippen LogP contribution in [0.4, 0.5) is 11.6 Å². The number of anilines is 2. The van der Waals surface area contributed by atoms with E-state index in [1.165, 1.54) is 5.56 Å². The van der Waals surface area contributed by atoms with Crippen molar-refractivity contribution in [3.63, 3.8) is 0 Å². The van der Waals surface area contributed by atoms with Gasteiger partial charge in [-0.25, -0.2) is 9.97 Å². The molecule has 2 N–H and O–H groups in total. The number of aryl methyl sites for hydroxylation is 1. The van der Waals surface area contributed by atoms with Crippen molar-refractivity contribution in [2.45, 2.75) is 19.9 Å². The zero-order chi connectivity index (χ0) is 13.7. The van der Waals surface area contributed by atoms with E-state index in [0.717, 1.165) is 34.9 Å². The summed E-state index contributed by atoms with van der Waals surface area (Å²) in [6, 6.07) is 10.1. The van der Waals surface area contributed by atoms with Crippen LogP contribution in [0.5, 0.6) is 0 Å². The Morgan fingerprint density at radius 2 is 1.79 bits per heavy atom. The fourth-order valence-corrected chi connectivity index (χ4v) is 1.93. The molecule has 0 atom stereocenters. The van der Waals surface area contributed by atoms with Crippen LogP contribution in [0, 0.1) is 0 Å². The summed E-state index contributed by atoms with van der Waals surface area (Å²) in [5.74, 6) is 2.52. The summed E-state index contributed by atoms with van der Waals surface area (Å²) in [4.78, 5) is 8.83. The van der Waals surface area contributed by atoms with Gasteiger partial charge in [-0.05, 0) is 17.7 Å². The van der Waals surface area contributed by atoms with Crippen LogP contribution in [-0.4, -0.2) is 17.0 Å². The lowest BCUT2D eigenvalue weighted by molar-refractivity contribution is 0.934. The molecule has 2 aromatic rings. The minimum atomic E-state index is 0.747. The molecular weight excluding hydrogens is 304 g/mol. The van der Waals surface area contributed by atoms with Gasteiger partial charge in [0.1, 0.15) is 17.5 Å². The largest absolute Gasteiger partial charge is 0.373 e. The fraction of sp³-hybridized carbons (Fsp3) is 0.286. The van der Waals surface area contributed by atoms with Crippen LogP contribution in [0.2, 0.25) is 0 Å². The second kappa shape index (κ2) is 6.52. The van der Waals surface area contributed by atoms with Gasteiger partial charge in [0.05, 0.1) is 0 Å². The maximum absolute atomic E-state index is 4.46. The topological polar surface area (TPSA) is 49.8 Å². The number of hydrogen-bond donors (Lipinski definition) is 2. The zero-order valence-corrected chi connectivity index (χ0v) is 12.7. The molecule has 0 amide bonds. The van der Waals surface area contributed by atoms with Crippen molar-refractivity contribution in [1.82, 2.24) is 9.97 Å². The lowest BCUT2D eigenvalue weighted by atomic mass is 10.2. The number of rotatable bonds is 5. The third-order valence-electron chi connectivity index (χ3n) is 2.73. The van der Waals surface area contributed by atoms with Crippen LogP contribution in [0.15, 0.2) is 34.8 Å². The summed E-state index contributed by atoms with van der Waals surface area (Å²) >= 11 is 3.43. The Morgan fingerprint density at radius 3 is 2.42 bits per heavy atom. The van der Waals surface area contributed by atoms with Gasteiger partial charge >= 0.3 is 0 Å². The van der Waals surface area contributed by atoms with Gasteiger partial charge in [-0.1, -0.05) is 35.0 Å². The molecule has 0 aliphatic carbocycles. The molecule has 0 radical (unpaired) electrons. The molecule has 0 aliphatic rings. The van der Waals surface area contributed by atoms with Crippen LogP contribution in [-0.2, 0) is 13.0 Å². The first-order chi connectivity index (χ1) is 9.21. The number of aromatic nitrogens is 2. The highest BCUT2D eigenvalue weighted by Crippen LogP contribution is 2.14. The van der Waals surface area contributed by atoms with Crippen LogP contribution in [0.3, 0.4) is 0 Å². The highest BCUT2D eigenvalue weighted by molar-refractivity contribution is 9.10. The minimum Gasteiger partial charge on any atom is -0.373 e. The van der Waals surface area contributed by atoms with E-state index in [1.54, 1.807) is 0 Å². The number of halogens is 1. The quantitative estimate of drug-likeness (QED) is 0.885. The lowest BCUT2D eigenvalue weighted by Crippen LogP contribution is -2.06. The van der Waals surface area contributed by atoms with E-state index in [0.29, 0.717) is 0 Å². The molecule has 4 nitrogen and oxygen atoms in total. The predicted octanol–water partition coefficient (Wildman–Crippen LogP) is 3.46. The zero-order valence-electron chi connectivity index (χ0n) is 11.1. The molecule has 5 heteroatoms. The van der Waals surface area contributed by atoms with Gasteiger partial charge in [0.2, 0.25) is 0 Å². The van der Waals surface area contributed by atoms with Crippen molar-refractivity contribution < 1.29 is 0 Å². The highest BCUT2D eigenvalue weighted by Gasteiger charge is 2.02. The molecule has 0 unspecified atom stereocenters. The smallest absolute Gasteiger partial charge is 0.132 e. The number of nitrogens with zero attached hydrogens (tertiary/aromatic N) is 2. The average Bonchev–Trinajstić information content (AvgIpc) is 2.46. The second-order valence-corrected chi connectivity index (χ2v) is 5.05. The summed E-state index contributed by atoms with van der Waals surface area (Å²) < 4.78 is 1.09. The SMILES string of the molecule is CCc1nc(NC)cc(NCc2ccc(Br)cc2)n1. The van der Waals surface area contributed by atoms with Crippen molar-refractivity contribution in [2.24, 2.45) is 0 Å². The van der Waals surface area contributed by atoms with E-state index >= 15 is 0 Å². The van der Waals surface area contributed by atoms with E-state index < -0.39 is 0 Å². The van der Waals surface area contributed by atoms with Crippen LogP contribution in [0.25, 0.3) is 0 Å². The Morgan fingerprint density at radius 1 is 1.11 bits per heavy atom. The van der Waals surface area contributed by atoms with Crippen molar-refractivity contribution >= 4 is 27.6 Å². The molecule has 0 saturated heterocycles. The third-order valence-corrected chi connectivity index (χ3v) is 3.26. The van der Waals surface area contributed by atoms with Crippen LogP contribution < -0.4 is 10.6 Å². The first kappa shape index (κ1) is 13.8. The second-order valence-electron chi connectivity index (χ2n) is 4.14. The first-order valence-electron chi connectivity index (χ1n) is 6.25. The van der Waals surface area contributed by atoms with Crippen molar-refractivity contribution in [3.05, 3.63) is 46.2 Å². The van der Waals surface area contributed by atoms with Gasteiger partial charge < -0.3 is 10.6 Å². The van der Waals surface area contributed by atoms with Gasteiger partial charge in [-0.2, -0.15) is 0 Å². The Labute approximate surface area is 121 Å². The molecule has 0 spiro atoms. The molecule has 0 fully saturated rings. The first-order valence-corrected chi connectivity index (χ1v) is 7.04. The fourth-order valence-electron chi connectivity index (χ4n) is 1.67. The van der Waals surface area contributed by atoms with E-state index in [1.807, 2.05) is 32.2 Å². The molecule has 0 bridgehead atoms. The minimum absolute atomic E-state index is 0.747. The van der Waals surface area contributed by atoms with E-state index in [4.69, 9.17) is 0 Å². The average molecular weight is 321 g/mol. The van der Waals surface area contributed by atoms with E-state index in [-0.39, 0.29) is 0 Å². The standard InChI is InChI=1S/C14H17BrN4/c1-3-12-18-13(16-2)8-14(19-12)17-9-10-4-6-11(15)7-5-10/h4-8H,3,9H2,1-2H3,(H2,16,17,18,19). The van der Waals surface area contributed by atoms with E-state index in [2.05, 4.69) is 48.7 Å². The summed E-state index contributed by atoms with van der Waals surface area (Å²) in [7, 11) is 1.86. The monoisotopic (exact) mass is 320 g/mol. The number of benzene rings is 1. The summed E-state index contributed by atoms with van der Waals surface area (Å²) in [6.07, 6.45) is 0.822. The number of hydrogen-bond acceptors (Lipinski definition) is 4. The Bertz CT molecular complexity index is 517. The molecule has 1 heterocycles. The van der Waals surface area contributed by atoms with E-state index in [9.17, 15) is 0 Å². The maximum Gasteiger partial charge on any atom is 0.132 e. The predicted molar refractivity (Wildman–Crippen MR) is 82.4 cm³/mol. The van der Waals surface area contributed by atoms with Gasteiger partial charge in [0, 0.05) is 30.6 Å². The van der Waals surface area contributed by atoms with Gasteiger partial charge in [0.25, 0.3) is 0 Å². The maximum atomic E-state index is 4.46. The number of nitrogens with one attached hydrogen (secondary N) is 2. The molecular formula is C14H17BrN4. The van der Waals surface area contributed by atoms with Crippen LogP contribution >= 0.6 is 15.9 Å². The van der Waals surface area contributed by atoms with Gasteiger partial charge in [-0.15, -0.1) is 0 Å². The Balaban J connectivity index is 2.08. The molecule has 0 aliphatic heterocycles. The summed E-state index contributed by atoms with van der Waals surface area (Å²) in [6.45, 7) is 2.80. The molecule has 2 rings (SSSR count). The van der Waals surface area contributed by atoms with Crippen molar-refractivity contribution in [1.29, 1.82) is 0 Å². The molecule has 100 valence electrons. The Kier molecular flexibility index (Phi) is 4.74. The normalized spacial score (nSPS) is 10.3. The molecule has 1 aromatic heterocycles. The highest BCUT2D eigenvalue weighted by atomic mass is 79.9. The van der Waals surface area contributed by atoms with Crippen molar-refractivity contribution in [3.8, 4) is 0 Å². The molecule has 19 heavy (non-hydrogen) atoms. The molecule has 0 saturated carbocycles. The van der Waals surface area contributed by atoms with Crippen molar-refractivity contribution in [2.75, 3.05) is 17.7 Å². The van der Waals surface area contributed by atoms with Gasteiger partial charge in [0.15, 0.2) is 0 Å². The summed E-state index contributed by atoms with van der Waals surface area (Å²) in [5, 5.41) is 6.37. The lowest BCUT2D eigenvalue weighted by Gasteiger charge is -2.09. The summed E-state index contributed by atoms with van der Waals surface area (Å²) in [5.41, 5.74) is 1.21. The molecule has 1 aromatic carbocycles.